The van der Waals surface area contributed by atoms with Gasteiger partial charge in [-0.2, -0.15) is 0 Å². The first-order valence-electron chi connectivity index (χ1n) is 6.68. The fourth-order valence-electron chi connectivity index (χ4n) is 2.07. The van der Waals surface area contributed by atoms with Crippen LogP contribution in [0.5, 0.6) is 11.5 Å². The van der Waals surface area contributed by atoms with Gasteiger partial charge in [0.25, 0.3) is 0 Å². The molecule has 0 spiro atoms. The van der Waals surface area contributed by atoms with Crippen LogP contribution in [0.15, 0.2) is 46.2 Å². The summed E-state index contributed by atoms with van der Waals surface area (Å²) in [7, 11) is 0. The van der Waals surface area contributed by atoms with Crippen molar-refractivity contribution in [2.24, 2.45) is 0 Å². The van der Waals surface area contributed by atoms with Crippen molar-refractivity contribution in [2.45, 2.75) is 22.8 Å². The third kappa shape index (κ3) is 3.14. The second-order valence-corrected chi connectivity index (χ2v) is 5.89. The number of hydrogen-bond donors (Lipinski definition) is 1. The highest BCUT2D eigenvalue weighted by Crippen LogP contribution is 2.37. The van der Waals surface area contributed by atoms with Crippen LogP contribution in [-0.2, 0) is 0 Å². The molecule has 0 aliphatic carbocycles. The standard InChI is InChI=1S/C16H15FO3S/c1-10(18)11-2-5-16(13(17)8-11)21-12-3-4-14-15(9-12)20-7-6-19-14/h2-5,8-10,18H,6-7H2,1H3/t10-/m0/s1. The molecule has 2 aromatic rings. The van der Waals surface area contributed by atoms with E-state index in [-0.39, 0.29) is 5.82 Å². The Bertz CT molecular complexity index is 658. The molecule has 5 heteroatoms. The molecule has 1 atom stereocenters. The maximum atomic E-state index is 14.0. The van der Waals surface area contributed by atoms with Gasteiger partial charge in [0.2, 0.25) is 0 Å². The minimum Gasteiger partial charge on any atom is -0.486 e. The van der Waals surface area contributed by atoms with Gasteiger partial charge in [-0.05, 0) is 42.8 Å². The van der Waals surface area contributed by atoms with Gasteiger partial charge in [-0.1, -0.05) is 17.8 Å². The molecule has 0 saturated heterocycles. The SMILES string of the molecule is C[C@H](O)c1ccc(Sc2ccc3c(c2)OCCO3)c(F)c1. The van der Waals surface area contributed by atoms with E-state index in [1.54, 1.807) is 19.1 Å². The molecular weight excluding hydrogens is 291 g/mol. The number of hydrogen-bond acceptors (Lipinski definition) is 4. The van der Waals surface area contributed by atoms with E-state index in [0.29, 0.717) is 29.4 Å². The fourth-order valence-corrected chi connectivity index (χ4v) is 2.92. The monoisotopic (exact) mass is 306 g/mol. The number of benzene rings is 2. The normalized spacial score (nSPS) is 14.8. The Balaban J connectivity index is 1.83. The van der Waals surface area contributed by atoms with Crippen molar-refractivity contribution in [3.05, 3.63) is 47.8 Å². The van der Waals surface area contributed by atoms with E-state index in [1.165, 1.54) is 17.8 Å². The molecule has 1 heterocycles. The number of rotatable bonds is 3. The van der Waals surface area contributed by atoms with Crippen LogP contribution < -0.4 is 9.47 Å². The number of ether oxygens (including phenoxy) is 2. The summed E-state index contributed by atoms with van der Waals surface area (Å²) in [5.74, 6) is 1.07. The third-order valence-corrected chi connectivity index (χ3v) is 4.22. The summed E-state index contributed by atoms with van der Waals surface area (Å²) in [6.07, 6.45) is -0.673. The molecule has 0 aromatic heterocycles. The number of fused-ring (bicyclic) bond motifs is 1. The van der Waals surface area contributed by atoms with E-state index in [1.807, 2.05) is 18.2 Å². The van der Waals surface area contributed by atoms with Gasteiger partial charge >= 0.3 is 0 Å². The molecule has 0 amide bonds. The van der Waals surface area contributed by atoms with Crippen molar-refractivity contribution in [1.82, 2.24) is 0 Å². The summed E-state index contributed by atoms with van der Waals surface area (Å²) in [4.78, 5) is 1.39. The predicted molar refractivity (Wildman–Crippen MR) is 78.6 cm³/mol. The third-order valence-electron chi connectivity index (χ3n) is 3.18. The van der Waals surface area contributed by atoms with E-state index < -0.39 is 6.10 Å². The van der Waals surface area contributed by atoms with E-state index in [0.717, 1.165) is 10.6 Å². The lowest BCUT2D eigenvalue weighted by Crippen LogP contribution is -2.15. The molecule has 110 valence electrons. The van der Waals surface area contributed by atoms with Crippen molar-refractivity contribution in [3.8, 4) is 11.5 Å². The first kappa shape index (κ1) is 14.2. The van der Waals surface area contributed by atoms with E-state index in [4.69, 9.17) is 9.47 Å². The van der Waals surface area contributed by atoms with Gasteiger partial charge in [0.15, 0.2) is 11.5 Å². The van der Waals surface area contributed by atoms with Gasteiger partial charge in [-0.25, -0.2) is 4.39 Å². The lowest BCUT2D eigenvalue weighted by Gasteiger charge is -2.18. The van der Waals surface area contributed by atoms with Crippen molar-refractivity contribution in [1.29, 1.82) is 0 Å². The molecule has 2 aromatic carbocycles. The molecule has 1 aliphatic heterocycles. The van der Waals surface area contributed by atoms with Crippen molar-refractivity contribution in [3.63, 3.8) is 0 Å². The van der Waals surface area contributed by atoms with E-state index in [2.05, 4.69) is 0 Å². The molecule has 0 bridgehead atoms. The lowest BCUT2D eigenvalue weighted by molar-refractivity contribution is 0.171. The summed E-state index contributed by atoms with van der Waals surface area (Å²) < 4.78 is 25.0. The average molecular weight is 306 g/mol. The van der Waals surface area contributed by atoms with Crippen LogP contribution in [0.4, 0.5) is 4.39 Å². The van der Waals surface area contributed by atoms with Gasteiger partial charge in [-0.15, -0.1) is 0 Å². The van der Waals surface area contributed by atoms with Crippen LogP contribution in [0.25, 0.3) is 0 Å². The summed E-state index contributed by atoms with van der Waals surface area (Å²) in [5.41, 5.74) is 0.569. The molecule has 0 unspecified atom stereocenters. The highest BCUT2D eigenvalue weighted by atomic mass is 32.2. The van der Waals surface area contributed by atoms with Crippen LogP contribution in [0, 0.1) is 5.82 Å². The molecule has 0 fully saturated rings. The molecule has 3 nitrogen and oxygen atoms in total. The van der Waals surface area contributed by atoms with Crippen LogP contribution in [0.3, 0.4) is 0 Å². The maximum Gasteiger partial charge on any atom is 0.162 e. The first-order chi connectivity index (χ1) is 10.1. The fraction of sp³-hybridized carbons (Fsp3) is 0.250. The highest BCUT2D eigenvalue weighted by molar-refractivity contribution is 7.99. The zero-order valence-corrected chi connectivity index (χ0v) is 12.3. The Kier molecular flexibility index (Phi) is 4.03. The van der Waals surface area contributed by atoms with Gasteiger partial charge < -0.3 is 14.6 Å². The predicted octanol–water partition coefficient (Wildman–Crippen LogP) is 3.80. The zero-order chi connectivity index (χ0) is 14.8. The molecular formula is C16H15FO3S. The van der Waals surface area contributed by atoms with Crippen LogP contribution in [0.2, 0.25) is 0 Å². The average Bonchev–Trinajstić information content (AvgIpc) is 2.49. The Labute approximate surface area is 126 Å². The second kappa shape index (κ2) is 5.95. The topological polar surface area (TPSA) is 38.7 Å². The minimum atomic E-state index is -0.673. The van der Waals surface area contributed by atoms with Crippen molar-refractivity contribution in [2.75, 3.05) is 13.2 Å². The number of aliphatic hydroxyl groups excluding tert-OH is 1. The quantitative estimate of drug-likeness (QED) is 0.936. The summed E-state index contributed by atoms with van der Waals surface area (Å²) in [5, 5.41) is 9.46. The largest absolute Gasteiger partial charge is 0.486 e. The zero-order valence-electron chi connectivity index (χ0n) is 11.5. The van der Waals surface area contributed by atoms with Gasteiger partial charge in [0, 0.05) is 9.79 Å². The Morgan fingerprint density at radius 3 is 2.57 bits per heavy atom. The summed E-state index contributed by atoms with van der Waals surface area (Å²) in [6.45, 7) is 2.69. The molecule has 0 radical (unpaired) electrons. The van der Waals surface area contributed by atoms with Crippen molar-refractivity contribution < 1.29 is 19.0 Å². The van der Waals surface area contributed by atoms with E-state index >= 15 is 0 Å². The van der Waals surface area contributed by atoms with E-state index in [9.17, 15) is 9.50 Å². The number of halogens is 1. The first-order valence-corrected chi connectivity index (χ1v) is 7.50. The highest BCUT2D eigenvalue weighted by Gasteiger charge is 2.13. The molecule has 0 saturated carbocycles. The minimum absolute atomic E-state index is 0.340. The molecule has 1 aliphatic rings. The Morgan fingerprint density at radius 1 is 1.10 bits per heavy atom. The number of aliphatic hydroxyl groups is 1. The molecule has 1 N–H and O–H groups in total. The van der Waals surface area contributed by atoms with Gasteiger partial charge in [-0.3, -0.25) is 0 Å². The smallest absolute Gasteiger partial charge is 0.162 e. The van der Waals surface area contributed by atoms with Crippen LogP contribution >= 0.6 is 11.8 Å². The molecule has 21 heavy (non-hydrogen) atoms. The lowest BCUT2D eigenvalue weighted by atomic mass is 10.1. The second-order valence-electron chi connectivity index (χ2n) is 4.77. The summed E-state index contributed by atoms with van der Waals surface area (Å²) in [6, 6.07) is 10.3. The van der Waals surface area contributed by atoms with Gasteiger partial charge in [0.1, 0.15) is 19.0 Å². The van der Waals surface area contributed by atoms with Crippen LogP contribution in [-0.4, -0.2) is 18.3 Å². The van der Waals surface area contributed by atoms with Crippen LogP contribution in [0.1, 0.15) is 18.6 Å². The van der Waals surface area contributed by atoms with Gasteiger partial charge in [0.05, 0.1) is 6.10 Å². The Morgan fingerprint density at radius 2 is 1.86 bits per heavy atom. The van der Waals surface area contributed by atoms with Crippen molar-refractivity contribution >= 4 is 11.8 Å². The maximum absolute atomic E-state index is 14.0. The summed E-state index contributed by atoms with van der Waals surface area (Å²) >= 11 is 1.32. The molecule has 3 rings (SSSR count). The Hall–Kier alpha value is -1.72.